The van der Waals surface area contributed by atoms with Crippen molar-refractivity contribution < 1.29 is 5.11 Å². The highest BCUT2D eigenvalue weighted by atomic mass is 32.1. The molecular weight excluding hydrogens is 244 g/mol. The summed E-state index contributed by atoms with van der Waals surface area (Å²) in [4.78, 5) is 7.11. The molecule has 1 atom stereocenters. The normalized spacial score (nSPS) is 22.3. The quantitative estimate of drug-likeness (QED) is 0.912. The summed E-state index contributed by atoms with van der Waals surface area (Å²) in [5.74, 6) is 0.515. The van der Waals surface area contributed by atoms with Gasteiger partial charge >= 0.3 is 0 Å². The largest absolute Gasteiger partial charge is 0.395 e. The topological polar surface area (TPSA) is 36.4 Å². The van der Waals surface area contributed by atoms with Crippen molar-refractivity contribution in [2.75, 3.05) is 13.2 Å². The second-order valence-electron chi connectivity index (χ2n) is 5.49. The Balaban J connectivity index is 2.00. The first-order valence-electron chi connectivity index (χ1n) is 7.00. The van der Waals surface area contributed by atoms with Crippen molar-refractivity contribution in [2.45, 2.75) is 58.0 Å². The van der Waals surface area contributed by atoms with E-state index >= 15 is 0 Å². The molecular formula is C14H24N2OS. The fourth-order valence-corrected chi connectivity index (χ4v) is 3.35. The second kappa shape index (κ2) is 6.64. The number of aliphatic hydroxyl groups excluding tert-OH is 1. The Morgan fingerprint density at radius 1 is 1.44 bits per heavy atom. The molecule has 1 aromatic heterocycles. The molecule has 0 radical (unpaired) electrons. The average Bonchev–Trinajstić information content (AvgIpc) is 2.70. The fraction of sp³-hybridized carbons (Fsp3) is 0.786. The molecule has 1 unspecified atom stereocenters. The van der Waals surface area contributed by atoms with Crippen molar-refractivity contribution in [3.63, 3.8) is 0 Å². The van der Waals surface area contributed by atoms with E-state index < -0.39 is 0 Å². The van der Waals surface area contributed by atoms with Crippen LogP contribution in [0.5, 0.6) is 0 Å². The van der Waals surface area contributed by atoms with Crippen molar-refractivity contribution in [1.29, 1.82) is 0 Å². The Labute approximate surface area is 114 Å². The van der Waals surface area contributed by atoms with Crippen LogP contribution in [-0.4, -0.2) is 34.2 Å². The van der Waals surface area contributed by atoms with Gasteiger partial charge in [0.2, 0.25) is 0 Å². The number of aliphatic hydroxyl groups is 1. The van der Waals surface area contributed by atoms with Crippen LogP contribution >= 0.6 is 11.3 Å². The van der Waals surface area contributed by atoms with E-state index in [2.05, 4.69) is 24.1 Å². The van der Waals surface area contributed by atoms with Crippen molar-refractivity contribution in [3.05, 3.63) is 16.1 Å². The van der Waals surface area contributed by atoms with Crippen molar-refractivity contribution in [3.8, 4) is 0 Å². The lowest BCUT2D eigenvalue weighted by Gasteiger charge is -2.27. The number of likely N-dealkylation sites (tertiary alicyclic amines) is 1. The molecule has 1 aliphatic rings. The number of thiazole rings is 1. The van der Waals surface area contributed by atoms with Crippen LogP contribution in [0.3, 0.4) is 0 Å². The SMILES string of the molecule is CC(C)c1nc(CN2CCCCCC2CO)cs1. The third-order valence-electron chi connectivity index (χ3n) is 3.64. The number of rotatable bonds is 4. The minimum absolute atomic E-state index is 0.279. The van der Waals surface area contributed by atoms with E-state index in [1.165, 1.54) is 30.0 Å². The standard InChI is InChI=1S/C14H24N2OS/c1-11(2)14-15-12(10-18-14)8-16-7-5-3-4-6-13(16)9-17/h10-11,13,17H,3-9H2,1-2H3. The van der Waals surface area contributed by atoms with E-state index in [1.807, 2.05) is 0 Å². The molecule has 1 aromatic rings. The van der Waals surface area contributed by atoms with Crippen LogP contribution in [0.1, 0.15) is 56.2 Å². The molecule has 1 N–H and O–H groups in total. The van der Waals surface area contributed by atoms with Gasteiger partial charge in [0.05, 0.1) is 17.3 Å². The Hall–Kier alpha value is -0.450. The Morgan fingerprint density at radius 2 is 2.28 bits per heavy atom. The maximum atomic E-state index is 9.50. The third-order valence-corrected chi connectivity index (χ3v) is 4.83. The molecule has 3 nitrogen and oxygen atoms in total. The van der Waals surface area contributed by atoms with Crippen LogP contribution in [0, 0.1) is 0 Å². The van der Waals surface area contributed by atoms with Crippen LogP contribution in [0.4, 0.5) is 0 Å². The Kier molecular flexibility index (Phi) is 5.15. The summed E-state index contributed by atoms with van der Waals surface area (Å²) >= 11 is 1.76. The highest BCUT2D eigenvalue weighted by Crippen LogP contribution is 2.23. The van der Waals surface area contributed by atoms with Crippen molar-refractivity contribution >= 4 is 11.3 Å². The highest BCUT2D eigenvalue weighted by Gasteiger charge is 2.21. The van der Waals surface area contributed by atoms with Crippen LogP contribution in [-0.2, 0) is 6.54 Å². The van der Waals surface area contributed by atoms with Gasteiger partial charge in [-0.25, -0.2) is 4.98 Å². The number of aromatic nitrogens is 1. The van der Waals surface area contributed by atoms with Gasteiger partial charge in [-0.05, 0) is 19.4 Å². The van der Waals surface area contributed by atoms with Gasteiger partial charge in [0.25, 0.3) is 0 Å². The number of nitrogens with zero attached hydrogens (tertiary/aromatic N) is 2. The van der Waals surface area contributed by atoms with Gasteiger partial charge in [-0.1, -0.05) is 26.7 Å². The average molecular weight is 268 g/mol. The molecule has 102 valence electrons. The summed E-state index contributed by atoms with van der Waals surface area (Å²) < 4.78 is 0. The lowest BCUT2D eigenvalue weighted by Crippen LogP contribution is -2.37. The van der Waals surface area contributed by atoms with E-state index in [4.69, 9.17) is 4.98 Å². The monoisotopic (exact) mass is 268 g/mol. The van der Waals surface area contributed by atoms with Gasteiger partial charge in [-0.2, -0.15) is 0 Å². The summed E-state index contributed by atoms with van der Waals surface area (Å²) in [6.45, 7) is 6.64. The van der Waals surface area contributed by atoms with Crippen LogP contribution in [0.15, 0.2) is 5.38 Å². The number of hydrogen-bond donors (Lipinski definition) is 1. The maximum Gasteiger partial charge on any atom is 0.0954 e. The van der Waals surface area contributed by atoms with E-state index in [1.54, 1.807) is 11.3 Å². The van der Waals surface area contributed by atoms with E-state index in [9.17, 15) is 5.11 Å². The van der Waals surface area contributed by atoms with E-state index in [0.717, 1.165) is 19.5 Å². The molecule has 0 aliphatic carbocycles. The Morgan fingerprint density at radius 3 is 2.94 bits per heavy atom. The highest BCUT2D eigenvalue weighted by molar-refractivity contribution is 7.09. The predicted octanol–water partition coefficient (Wildman–Crippen LogP) is 3.00. The fourth-order valence-electron chi connectivity index (χ4n) is 2.52. The minimum atomic E-state index is 0.279. The molecule has 0 amide bonds. The molecule has 2 heterocycles. The van der Waals surface area contributed by atoms with Gasteiger partial charge in [-0.3, -0.25) is 4.90 Å². The summed E-state index contributed by atoms with van der Waals surface area (Å²) in [5.41, 5.74) is 1.17. The maximum absolute atomic E-state index is 9.50. The summed E-state index contributed by atoms with van der Waals surface area (Å²) in [7, 11) is 0. The van der Waals surface area contributed by atoms with E-state index in [-0.39, 0.29) is 6.61 Å². The van der Waals surface area contributed by atoms with Crippen LogP contribution in [0.25, 0.3) is 0 Å². The predicted molar refractivity (Wildman–Crippen MR) is 76.0 cm³/mol. The molecule has 0 saturated carbocycles. The first kappa shape index (κ1) is 14.0. The molecule has 2 rings (SSSR count). The van der Waals surface area contributed by atoms with Gasteiger partial charge in [0.15, 0.2) is 0 Å². The molecule has 0 bridgehead atoms. The first-order valence-corrected chi connectivity index (χ1v) is 7.88. The van der Waals surface area contributed by atoms with Crippen molar-refractivity contribution in [2.24, 2.45) is 0 Å². The lowest BCUT2D eigenvalue weighted by molar-refractivity contribution is 0.117. The van der Waals surface area contributed by atoms with Gasteiger partial charge < -0.3 is 5.11 Å². The van der Waals surface area contributed by atoms with Gasteiger partial charge in [0.1, 0.15) is 0 Å². The van der Waals surface area contributed by atoms with Gasteiger partial charge in [-0.15, -0.1) is 11.3 Å². The zero-order valence-electron chi connectivity index (χ0n) is 11.4. The molecule has 18 heavy (non-hydrogen) atoms. The lowest BCUT2D eigenvalue weighted by atomic mass is 10.1. The molecule has 4 heteroatoms. The molecule has 0 aromatic carbocycles. The zero-order chi connectivity index (χ0) is 13.0. The zero-order valence-corrected chi connectivity index (χ0v) is 12.2. The summed E-state index contributed by atoms with van der Waals surface area (Å²) in [6, 6.07) is 0.330. The smallest absolute Gasteiger partial charge is 0.0954 e. The molecule has 1 fully saturated rings. The van der Waals surface area contributed by atoms with E-state index in [0.29, 0.717) is 12.0 Å². The van der Waals surface area contributed by atoms with Crippen LogP contribution in [0.2, 0.25) is 0 Å². The molecule has 1 saturated heterocycles. The molecule has 1 aliphatic heterocycles. The van der Waals surface area contributed by atoms with Crippen molar-refractivity contribution in [1.82, 2.24) is 9.88 Å². The second-order valence-corrected chi connectivity index (χ2v) is 6.38. The third kappa shape index (κ3) is 3.53. The van der Waals surface area contributed by atoms with Crippen LogP contribution < -0.4 is 0 Å². The Bertz CT molecular complexity index is 364. The van der Waals surface area contributed by atoms with Gasteiger partial charge in [0, 0.05) is 23.9 Å². The first-order chi connectivity index (χ1) is 8.70. The number of hydrogen-bond acceptors (Lipinski definition) is 4. The minimum Gasteiger partial charge on any atom is -0.395 e. The molecule has 0 spiro atoms. The summed E-state index contributed by atoms with van der Waals surface area (Å²) in [6.07, 6.45) is 4.91. The summed E-state index contributed by atoms with van der Waals surface area (Å²) in [5, 5.41) is 12.9.